The van der Waals surface area contributed by atoms with Crippen LogP contribution in [0, 0.1) is 12.7 Å². The molecule has 7 heteroatoms. The first-order valence-electron chi connectivity index (χ1n) is 7.20. The summed E-state index contributed by atoms with van der Waals surface area (Å²) in [5.74, 6) is -0.0529. The zero-order chi connectivity index (χ0) is 16.9. The Morgan fingerprint density at radius 3 is 2.71 bits per heavy atom. The average molecular weight is 327 g/mol. The Balaban J connectivity index is 1.59. The monoisotopic (exact) mass is 327 g/mol. The predicted molar refractivity (Wildman–Crippen MR) is 85.0 cm³/mol. The third-order valence-electron chi connectivity index (χ3n) is 3.24. The summed E-state index contributed by atoms with van der Waals surface area (Å²) in [6, 6.07) is 12.9. The molecule has 2 aromatic carbocycles. The summed E-state index contributed by atoms with van der Waals surface area (Å²) in [6.45, 7) is 1.67. The molecule has 122 valence electrons. The predicted octanol–water partition coefficient (Wildman–Crippen LogP) is 3.20. The van der Waals surface area contributed by atoms with E-state index in [1.165, 1.54) is 24.3 Å². The van der Waals surface area contributed by atoms with Crippen molar-refractivity contribution in [1.82, 2.24) is 10.1 Å². The topological polar surface area (TPSA) is 77.2 Å². The first kappa shape index (κ1) is 15.7. The molecule has 0 spiro atoms. The molecular formula is C17H14FN3O3. The molecule has 1 amide bonds. The summed E-state index contributed by atoms with van der Waals surface area (Å²) in [5.41, 5.74) is 1.78. The lowest BCUT2D eigenvalue weighted by Gasteiger charge is -2.04. The van der Waals surface area contributed by atoms with Gasteiger partial charge in [-0.15, -0.1) is 0 Å². The van der Waals surface area contributed by atoms with Gasteiger partial charge in [0.25, 0.3) is 17.7 Å². The minimum Gasteiger partial charge on any atom is -0.484 e. The van der Waals surface area contributed by atoms with Gasteiger partial charge in [0.1, 0.15) is 11.6 Å². The van der Waals surface area contributed by atoms with Crippen LogP contribution in [0.3, 0.4) is 0 Å². The van der Waals surface area contributed by atoms with E-state index in [2.05, 4.69) is 15.5 Å². The number of aryl methyl sites for hydroxylation is 1. The average Bonchev–Trinajstić information content (AvgIpc) is 3.03. The molecule has 0 saturated heterocycles. The SMILES string of the molecule is Cc1ccccc1-c1nc(NC(=O)COc2ccc(F)cc2)no1. The number of benzene rings is 2. The van der Waals surface area contributed by atoms with Gasteiger partial charge in [-0.3, -0.25) is 10.1 Å². The summed E-state index contributed by atoms with van der Waals surface area (Å²) < 4.78 is 23.2. The maximum absolute atomic E-state index is 12.8. The fourth-order valence-corrected chi connectivity index (χ4v) is 2.04. The molecule has 0 atom stereocenters. The molecule has 1 heterocycles. The second-order valence-corrected chi connectivity index (χ2v) is 5.03. The Bertz CT molecular complexity index is 846. The zero-order valence-corrected chi connectivity index (χ0v) is 12.8. The number of anilines is 1. The van der Waals surface area contributed by atoms with E-state index in [0.29, 0.717) is 11.6 Å². The van der Waals surface area contributed by atoms with Gasteiger partial charge in [0.05, 0.1) is 0 Å². The van der Waals surface area contributed by atoms with Crippen molar-refractivity contribution in [1.29, 1.82) is 0 Å². The van der Waals surface area contributed by atoms with Crippen LogP contribution in [-0.4, -0.2) is 22.7 Å². The molecule has 0 unspecified atom stereocenters. The lowest BCUT2D eigenvalue weighted by atomic mass is 10.1. The van der Waals surface area contributed by atoms with E-state index in [-0.39, 0.29) is 18.4 Å². The van der Waals surface area contributed by atoms with E-state index in [0.717, 1.165) is 11.1 Å². The molecule has 0 saturated carbocycles. The van der Waals surface area contributed by atoms with E-state index in [9.17, 15) is 9.18 Å². The quantitative estimate of drug-likeness (QED) is 0.778. The summed E-state index contributed by atoms with van der Waals surface area (Å²) in [7, 11) is 0. The molecule has 0 aliphatic heterocycles. The number of ether oxygens (including phenoxy) is 1. The largest absolute Gasteiger partial charge is 0.484 e. The maximum atomic E-state index is 12.8. The number of nitrogens with zero attached hydrogens (tertiary/aromatic N) is 2. The van der Waals surface area contributed by atoms with Crippen LogP contribution in [0.25, 0.3) is 11.5 Å². The van der Waals surface area contributed by atoms with Gasteiger partial charge in [0, 0.05) is 5.56 Å². The van der Waals surface area contributed by atoms with E-state index in [1.807, 2.05) is 31.2 Å². The lowest BCUT2D eigenvalue weighted by Crippen LogP contribution is -2.20. The van der Waals surface area contributed by atoms with Crippen LogP contribution in [0.2, 0.25) is 0 Å². The van der Waals surface area contributed by atoms with E-state index in [4.69, 9.17) is 9.26 Å². The fourth-order valence-electron chi connectivity index (χ4n) is 2.04. The van der Waals surface area contributed by atoms with Crippen molar-refractivity contribution >= 4 is 11.9 Å². The Hall–Kier alpha value is -3.22. The van der Waals surface area contributed by atoms with Gasteiger partial charge in [0.15, 0.2) is 6.61 Å². The third-order valence-corrected chi connectivity index (χ3v) is 3.24. The lowest BCUT2D eigenvalue weighted by molar-refractivity contribution is -0.118. The minimum atomic E-state index is -0.448. The molecule has 3 aromatic rings. The van der Waals surface area contributed by atoms with Crippen LogP contribution < -0.4 is 10.1 Å². The standard InChI is InChI=1S/C17H14FN3O3/c1-11-4-2-3-5-14(11)16-20-17(21-24-16)19-15(22)10-23-13-8-6-12(18)7-9-13/h2-9H,10H2,1H3,(H,19,21,22). The summed E-state index contributed by atoms with van der Waals surface area (Å²) in [5, 5.41) is 6.20. The molecule has 6 nitrogen and oxygen atoms in total. The molecule has 3 rings (SSSR count). The zero-order valence-electron chi connectivity index (χ0n) is 12.8. The van der Waals surface area contributed by atoms with Crippen LogP contribution in [0.15, 0.2) is 53.1 Å². The molecule has 0 radical (unpaired) electrons. The summed E-state index contributed by atoms with van der Waals surface area (Å²) in [4.78, 5) is 16.0. The smallest absolute Gasteiger partial charge is 0.270 e. The normalized spacial score (nSPS) is 10.4. The van der Waals surface area contributed by atoms with Gasteiger partial charge in [0.2, 0.25) is 0 Å². The maximum Gasteiger partial charge on any atom is 0.270 e. The van der Waals surface area contributed by atoms with Gasteiger partial charge >= 0.3 is 0 Å². The molecule has 24 heavy (non-hydrogen) atoms. The molecule has 1 aromatic heterocycles. The highest BCUT2D eigenvalue weighted by molar-refractivity contribution is 5.90. The highest BCUT2D eigenvalue weighted by atomic mass is 19.1. The van der Waals surface area contributed by atoms with Crippen molar-refractivity contribution < 1.29 is 18.4 Å². The van der Waals surface area contributed by atoms with E-state index < -0.39 is 5.91 Å². The Morgan fingerprint density at radius 2 is 1.96 bits per heavy atom. The van der Waals surface area contributed by atoms with Crippen molar-refractivity contribution in [2.24, 2.45) is 0 Å². The van der Waals surface area contributed by atoms with Crippen molar-refractivity contribution in [2.75, 3.05) is 11.9 Å². The molecule has 0 bridgehead atoms. The molecule has 0 aliphatic carbocycles. The second kappa shape index (κ2) is 6.91. The Labute approximate surface area is 137 Å². The van der Waals surface area contributed by atoms with E-state index in [1.54, 1.807) is 0 Å². The second-order valence-electron chi connectivity index (χ2n) is 5.03. The minimum absolute atomic E-state index is 0.0564. The van der Waals surface area contributed by atoms with Gasteiger partial charge in [-0.05, 0) is 48.0 Å². The van der Waals surface area contributed by atoms with Gasteiger partial charge in [-0.2, -0.15) is 4.98 Å². The number of hydrogen-bond acceptors (Lipinski definition) is 5. The van der Waals surface area contributed by atoms with Crippen molar-refractivity contribution in [3.63, 3.8) is 0 Å². The first-order chi connectivity index (χ1) is 11.6. The third kappa shape index (κ3) is 3.75. The molecule has 0 aliphatic rings. The summed E-state index contributed by atoms with van der Waals surface area (Å²) >= 11 is 0. The number of nitrogens with one attached hydrogen (secondary N) is 1. The number of halogens is 1. The van der Waals surface area contributed by atoms with Crippen LogP contribution >= 0.6 is 0 Å². The number of carbonyl (C=O) groups excluding carboxylic acids is 1. The molecular weight excluding hydrogens is 313 g/mol. The molecule has 0 fully saturated rings. The van der Waals surface area contributed by atoms with Crippen LogP contribution in [0.4, 0.5) is 10.3 Å². The fraction of sp³-hybridized carbons (Fsp3) is 0.118. The van der Waals surface area contributed by atoms with Gasteiger partial charge in [-0.1, -0.05) is 18.2 Å². The Morgan fingerprint density at radius 1 is 1.21 bits per heavy atom. The summed E-state index contributed by atoms with van der Waals surface area (Å²) in [6.07, 6.45) is 0. The molecule has 1 N–H and O–H groups in total. The number of carbonyl (C=O) groups is 1. The first-order valence-corrected chi connectivity index (χ1v) is 7.20. The highest BCUT2D eigenvalue weighted by Crippen LogP contribution is 2.22. The van der Waals surface area contributed by atoms with Crippen molar-refractivity contribution in [2.45, 2.75) is 6.92 Å². The number of amides is 1. The number of hydrogen-bond donors (Lipinski definition) is 1. The highest BCUT2D eigenvalue weighted by Gasteiger charge is 2.13. The van der Waals surface area contributed by atoms with Crippen LogP contribution in [-0.2, 0) is 4.79 Å². The van der Waals surface area contributed by atoms with Crippen molar-refractivity contribution in [3.05, 3.63) is 59.9 Å². The van der Waals surface area contributed by atoms with Crippen LogP contribution in [0.1, 0.15) is 5.56 Å². The number of rotatable bonds is 5. The van der Waals surface area contributed by atoms with Crippen molar-refractivity contribution in [3.8, 4) is 17.2 Å². The van der Waals surface area contributed by atoms with E-state index >= 15 is 0 Å². The Kier molecular flexibility index (Phi) is 4.51. The van der Waals surface area contributed by atoms with Gasteiger partial charge in [-0.25, -0.2) is 4.39 Å². The van der Waals surface area contributed by atoms with Gasteiger partial charge < -0.3 is 9.26 Å². The number of aromatic nitrogens is 2. The van der Waals surface area contributed by atoms with Crippen LogP contribution in [0.5, 0.6) is 5.75 Å².